The van der Waals surface area contributed by atoms with E-state index < -0.39 is 0 Å². The SMILES string of the molecule is Cc1cnc(-c2[c-]cc(C)c(-c3ccccc3)c2)cc1C.Cc1cnc(-c2[c-]ccc3c2Oc2cccc4c2B3c2ccccc2O4)cc1C.[Ir]. The average molecular weight is 839 g/mol. The van der Waals surface area contributed by atoms with Crippen LogP contribution in [0.25, 0.3) is 33.6 Å². The quantitative estimate of drug-likeness (QED) is 0.132. The number of ether oxygens (including phenoxy) is 2. The summed E-state index contributed by atoms with van der Waals surface area (Å²) in [6.45, 7) is 10.6. The molecule has 0 saturated heterocycles. The molecule has 0 aliphatic carbocycles. The summed E-state index contributed by atoms with van der Waals surface area (Å²) in [6, 6.07) is 44.0. The predicted molar refractivity (Wildman–Crippen MR) is 204 cm³/mol. The second kappa shape index (κ2) is 14.1. The Morgan fingerprint density at radius 1 is 0.569 bits per heavy atom. The number of benzene rings is 5. The van der Waals surface area contributed by atoms with Crippen LogP contribution in [0.4, 0.5) is 0 Å². The summed E-state index contributed by atoms with van der Waals surface area (Å²) < 4.78 is 12.6. The molecule has 1 radical (unpaired) electrons. The first kappa shape index (κ1) is 34.2. The fraction of sp³-hybridized carbons (Fsp3) is 0.111. The van der Waals surface area contributed by atoms with Gasteiger partial charge in [0.25, 0.3) is 0 Å². The van der Waals surface area contributed by atoms with Gasteiger partial charge < -0.3 is 19.4 Å². The third kappa shape index (κ3) is 6.42. The molecule has 2 aliphatic rings. The first-order valence-electron chi connectivity index (χ1n) is 16.9. The smallest absolute Gasteiger partial charge is 0.241 e. The Morgan fingerprint density at radius 3 is 1.96 bits per heavy atom. The molecule has 4 nitrogen and oxygen atoms in total. The van der Waals surface area contributed by atoms with Crippen molar-refractivity contribution in [1.82, 2.24) is 9.97 Å². The predicted octanol–water partition coefficient (Wildman–Crippen LogP) is 9.03. The van der Waals surface area contributed by atoms with E-state index in [9.17, 15) is 0 Å². The van der Waals surface area contributed by atoms with Crippen LogP contribution in [0.15, 0.2) is 122 Å². The molecule has 51 heavy (non-hydrogen) atoms. The van der Waals surface area contributed by atoms with Crippen LogP contribution in [0.3, 0.4) is 0 Å². The van der Waals surface area contributed by atoms with Gasteiger partial charge in [-0.1, -0.05) is 95.9 Å². The molecule has 0 fully saturated rings. The Morgan fingerprint density at radius 2 is 1.22 bits per heavy atom. The summed E-state index contributed by atoms with van der Waals surface area (Å²) in [6.07, 6.45) is 3.84. The van der Waals surface area contributed by atoms with Crippen molar-refractivity contribution in [2.75, 3.05) is 0 Å². The first-order valence-corrected chi connectivity index (χ1v) is 16.9. The van der Waals surface area contributed by atoms with Gasteiger partial charge in [-0.3, -0.25) is 0 Å². The van der Waals surface area contributed by atoms with E-state index in [1.165, 1.54) is 38.9 Å². The van der Waals surface area contributed by atoms with Crippen LogP contribution in [0.1, 0.15) is 27.8 Å². The van der Waals surface area contributed by atoms with Crippen LogP contribution in [-0.4, -0.2) is 16.7 Å². The molecule has 0 bridgehead atoms. The van der Waals surface area contributed by atoms with Crippen molar-refractivity contribution >= 4 is 23.1 Å². The Hall–Kier alpha value is -5.29. The normalized spacial score (nSPS) is 11.7. The van der Waals surface area contributed by atoms with Gasteiger partial charge in [0.15, 0.2) is 0 Å². The molecule has 5 aromatic carbocycles. The Bertz CT molecular complexity index is 2410. The minimum atomic E-state index is 0. The van der Waals surface area contributed by atoms with E-state index in [1.54, 1.807) is 0 Å². The van der Waals surface area contributed by atoms with Crippen molar-refractivity contribution in [2.24, 2.45) is 0 Å². The van der Waals surface area contributed by atoms with E-state index >= 15 is 0 Å². The van der Waals surface area contributed by atoms with Crippen molar-refractivity contribution in [1.29, 1.82) is 0 Å². The number of para-hydroxylation sites is 1. The zero-order valence-electron chi connectivity index (χ0n) is 29.2. The third-order valence-electron chi connectivity index (χ3n) is 9.79. The van der Waals surface area contributed by atoms with E-state index in [2.05, 4.69) is 123 Å². The van der Waals surface area contributed by atoms with E-state index in [0.717, 1.165) is 61.9 Å². The second-order valence-corrected chi connectivity index (χ2v) is 13.1. The number of aryl methyl sites for hydroxylation is 5. The van der Waals surface area contributed by atoms with Crippen LogP contribution >= 0.6 is 0 Å². The van der Waals surface area contributed by atoms with Crippen molar-refractivity contribution in [3.63, 3.8) is 0 Å². The zero-order chi connectivity index (χ0) is 34.4. The molecule has 0 unspecified atom stereocenters. The maximum atomic E-state index is 6.44. The fourth-order valence-electron chi connectivity index (χ4n) is 6.71. The monoisotopic (exact) mass is 839 g/mol. The Balaban J connectivity index is 0.000000165. The molecule has 251 valence electrons. The van der Waals surface area contributed by atoms with Crippen LogP contribution in [0, 0.1) is 46.8 Å². The number of nitrogens with zero attached hydrogens (tertiary/aromatic N) is 2. The number of hydrogen-bond acceptors (Lipinski definition) is 4. The van der Waals surface area contributed by atoms with Gasteiger partial charge in [0, 0.05) is 43.7 Å². The molecule has 0 N–H and O–H groups in total. The number of hydrogen-bond donors (Lipinski definition) is 0. The first-order chi connectivity index (χ1) is 24.4. The molecule has 6 heteroatoms. The van der Waals surface area contributed by atoms with Gasteiger partial charge in [-0.2, -0.15) is 0 Å². The molecule has 4 heterocycles. The summed E-state index contributed by atoms with van der Waals surface area (Å²) >= 11 is 0. The summed E-state index contributed by atoms with van der Waals surface area (Å²) in [5, 5.41) is 0. The van der Waals surface area contributed by atoms with E-state index in [4.69, 9.17) is 9.47 Å². The number of fused-ring (bicyclic) bond motifs is 4. The van der Waals surface area contributed by atoms with Crippen LogP contribution in [0.5, 0.6) is 23.0 Å². The maximum Gasteiger partial charge on any atom is 0.241 e. The zero-order valence-corrected chi connectivity index (χ0v) is 31.6. The molecule has 0 atom stereocenters. The van der Waals surface area contributed by atoms with E-state index in [-0.39, 0.29) is 26.8 Å². The molecule has 2 aliphatic heterocycles. The van der Waals surface area contributed by atoms with E-state index in [1.807, 2.05) is 54.9 Å². The van der Waals surface area contributed by atoms with Crippen LogP contribution < -0.4 is 25.9 Å². The molecule has 7 aromatic rings. The molecule has 0 saturated carbocycles. The second-order valence-electron chi connectivity index (χ2n) is 13.1. The Labute approximate surface area is 314 Å². The van der Waals surface area contributed by atoms with Gasteiger partial charge in [-0.05, 0) is 79.4 Å². The molecule has 9 rings (SSSR count). The number of rotatable bonds is 3. The van der Waals surface area contributed by atoms with Gasteiger partial charge >= 0.3 is 0 Å². The van der Waals surface area contributed by atoms with Crippen LogP contribution in [0.2, 0.25) is 0 Å². The molecule has 2 aromatic heterocycles. The van der Waals surface area contributed by atoms with E-state index in [0.29, 0.717) is 0 Å². The summed E-state index contributed by atoms with van der Waals surface area (Å²) in [5.74, 6) is 3.41. The fourth-order valence-corrected chi connectivity index (χ4v) is 6.71. The number of pyridine rings is 2. The maximum absolute atomic E-state index is 6.44. The summed E-state index contributed by atoms with van der Waals surface area (Å²) in [7, 11) is 0. The molecule has 0 amide bonds. The standard InChI is InChI=1S/C25H17BNO2.C20H18N.Ir/c1-15-13-20(27-14-16(15)2)17-7-5-9-19-25(17)29-23-12-6-11-22-24(23)26(19)18-8-3-4-10-21(18)28-22;1-14-9-10-18(20-11-15(2)16(3)13-21-20)12-19(14)17-7-5-4-6-8-17;/h3-6,8-14H,1-2H3;4-9,11-13H,1-3H3;/q2*-1;. The summed E-state index contributed by atoms with van der Waals surface area (Å²) in [4.78, 5) is 9.21. The van der Waals surface area contributed by atoms with Crippen molar-refractivity contribution in [3.05, 3.63) is 162 Å². The average Bonchev–Trinajstić information content (AvgIpc) is 3.14. The van der Waals surface area contributed by atoms with Gasteiger partial charge in [-0.15, -0.1) is 53.0 Å². The van der Waals surface area contributed by atoms with Crippen LogP contribution in [-0.2, 0) is 20.1 Å². The minimum Gasteiger partial charge on any atom is -0.503 e. The number of aromatic nitrogens is 2. The topological polar surface area (TPSA) is 44.2 Å². The van der Waals surface area contributed by atoms with Crippen molar-refractivity contribution in [2.45, 2.75) is 34.6 Å². The van der Waals surface area contributed by atoms with Crippen molar-refractivity contribution in [3.8, 4) is 56.6 Å². The van der Waals surface area contributed by atoms with Crippen molar-refractivity contribution < 1.29 is 29.6 Å². The molecule has 0 spiro atoms. The molecular formula is C45H35BIrN2O2-2. The summed E-state index contributed by atoms with van der Waals surface area (Å²) in [5.41, 5.74) is 15.7. The third-order valence-corrected chi connectivity index (χ3v) is 9.79. The van der Waals surface area contributed by atoms with Gasteiger partial charge in [0.2, 0.25) is 6.71 Å². The van der Waals surface area contributed by atoms with Gasteiger partial charge in [0.1, 0.15) is 17.2 Å². The largest absolute Gasteiger partial charge is 0.503 e. The molecular weight excluding hydrogens is 804 g/mol. The van der Waals surface area contributed by atoms with Gasteiger partial charge in [-0.25, -0.2) is 0 Å². The van der Waals surface area contributed by atoms with Gasteiger partial charge in [0.05, 0.1) is 0 Å². The minimum absolute atomic E-state index is 0. The Kier molecular flexibility index (Phi) is 9.48.